The van der Waals surface area contributed by atoms with Crippen LogP contribution in [0.5, 0.6) is 5.75 Å². The largest absolute Gasteiger partial charge is 0.488 e. The van der Waals surface area contributed by atoms with Crippen molar-refractivity contribution in [3.05, 3.63) is 64.4 Å². The zero-order valence-electron chi connectivity index (χ0n) is 12.2. The summed E-state index contributed by atoms with van der Waals surface area (Å²) in [6.07, 6.45) is 0. The van der Waals surface area contributed by atoms with E-state index in [9.17, 15) is 4.39 Å². The Kier molecular flexibility index (Phi) is 5.59. The summed E-state index contributed by atoms with van der Waals surface area (Å²) in [6.45, 7) is 5.16. The van der Waals surface area contributed by atoms with Crippen LogP contribution < -0.4 is 10.1 Å². The smallest absolute Gasteiger partial charge is 0.129 e. The lowest BCUT2D eigenvalue weighted by atomic mass is 10.1. The molecule has 0 saturated carbocycles. The predicted octanol–water partition coefficient (Wildman–Crippen LogP) is 4.73. The zero-order chi connectivity index (χ0) is 15.2. The first kappa shape index (κ1) is 15.8. The van der Waals surface area contributed by atoms with E-state index in [1.165, 1.54) is 12.1 Å². The molecule has 1 unspecified atom stereocenters. The van der Waals surface area contributed by atoms with Gasteiger partial charge >= 0.3 is 0 Å². The molecule has 0 spiro atoms. The van der Waals surface area contributed by atoms with Crippen molar-refractivity contribution in [2.24, 2.45) is 0 Å². The van der Waals surface area contributed by atoms with E-state index in [-0.39, 0.29) is 18.5 Å². The molecule has 0 aliphatic rings. The highest BCUT2D eigenvalue weighted by Gasteiger charge is 2.11. The van der Waals surface area contributed by atoms with Gasteiger partial charge in [0.15, 0.2) is 0 Å². The van der Waals surface area contributed by atoms with Crippen LogP contribution in [0.2, 0.25) is 5.02 Å². The third-order valence-electron chi connectivity index (χ3n) is 3.29. The number of rotatable bonds is 6. The number of ether oxygens (including phenoxy) is 1. The molecule has 1 N–H and O–H groups in total. The van der Waals surface area contributed by atoms with Crippen LogP contribution in [0.3, 0.4) is 0 Å². The SMILES string of the molecule is CCNC(C)c1ccccc1OCc1cc(Cl)ccc1F. The van der Waals surface area contributed by atoms with Gasteiger partial charge in [0.05, 0.1) is 0 Å². The second kappa shape index (κ2) is 7.43. The Morgan fingerprint density at radius 3 is 2.76 bits per heavy atom. The maximum absolute atomic E-state index is 13.7. The highest BCUT2D eigenvalue weighted by molar-refractivity contribution is 6.30. The molecule has 2 rings (SSSR count). The van der Waals surface area contributed by atoms with Gasteiger partial charge in [0.2, 0.25) is 0 Å². The molecule has 4 heteroatoms. The molecule has 112 valence electrons. The van der Waals surface area contributed by atoms with E-state index in [4.69, 9.17) is 16.3 Å². The van der Waals surface area contributed by atoms with Crippen molar-refractivity contribution < 1.29 is 9.13 Å². The zero-order valence-corrected chi connectivity index (χ0v) is 13.0. The normalized spacial score (nSPS) is 12.2. The molecular weight excluding hydrogens is 289 g/mol. The average Bonchev–Trinajstić information content (AvgIpc) is 2.49. The maximum atomic E-state index is 13.7. The molecule has 2 nitrogen and oxygen atoms in total. The lowest BCUT2D eigenvalue weighted by Crippen LogP contribution is -2.18. The summed E-state index contributed by atoms with van der Waals surface area (Å²) < 4.78 is 19.5. The minimum atomic E-state index is -0.309. The first-order chi connectivity index (χ1) is 10.1. The van der Waals surface area contributed by atoms with Gasteiger partial charge in [-0.25, -0.2) is 4.39 Å². The Morgan fingerprint density at radius 1 is 1.24 bits per heavy atom. The fraction of sp³-hybridized carbons (Fsp3) is 0.294. The minimum Gasteiger partial charge on any atom is -0.488 e. The summed E-state index contributed by atoms with van der Waals surface area (Å²) in [6, 6.07) is 12.4. The standard InChI is InChI=1S/C17H19ClFNO/c1-3-20-12(2)15-6-4-5-7-17(15)21-11-13-10-14(18)8-9-16(13)19/h4-10,12,20H,3,11H2,1-2H3. The van der Waals surface area contributed by atoms with Gasteiger partial charge < -0.3 is 10.1 Å². The van der Waals surface area contributed by atoms with Gasteiger partial charge in [0, 0.05) is 22.2 Å². The number of hydrogen-bond acceptors (Lipinski definition) is 2. The highest BCUT2D eigenvalue weighted by atomic mass is 35.5. The van der Waals surface area contributed by atoms with E-state index in [1.54, 1.807) is 6.07 Å². The molecule has 1 atom stereocenters. The van der Waals surface area contributed by atoms with Crippen molar-refractivity contribution in [1.82, 2.24) is 5.32 Å². The second-order valence-electron chi connectivity index (χ2n) is 4.84. The molecule has 21 heavy (non-hydrogen) atoms. The first-order valence-corrected chi connectivity index (χ1v) is 7.38. The number of hydrogen-bond donors (Lipinski definition) is 1. The average molecular weight is 308 g/mol. The predicted molar refractivity (Wildman–Crippen MR) is 84.3 cm³/mol. The van der Waals surface area contributed by atoms with E-state index in [1.807, 2.05) is 24.3 Å². The summed E-state index contributed by atoms with van der Waals surface area (Å²) in [4.78, 5) is 0. The lowest BCUT2D eigenvalue weighted by molar-refractivity contribution is 0.294. The van der Waals surface area contributed by atoms with Crippen LogP contribution in [0, 0.1) is 5.82 Å². The molecule has 0 fully saturated rings. The topological polar surface area (TPSA) is 21.3 Å². The quantitative estimate of drug-likeness (QED) is 0.833. The molecular formula is C17H19ClFNO. The molecule has 0 aromatic heterocycles. The molecule has 2 aromatic rings. The summed E-state index contributed by atoms with van der Waals surface area (Å²) in [5.74, 6) is 0.446. The Balaban J connectivity index is 2.14. The fourth-order valence-electron chi connectivity index (χ4n) is 2.20. The van der Waals surface area contributed by atoms with Crippen molar-refractivity contribution in [2.45, 2.75) is 26.5 Å². The summed E-state index contributed by atoms with van der Waals surface area (Å²) in [5.41, 5.74) is 1.51. The first-order valence-electron chi connectivity index (χ1n) is 7.01. The summed E-state index contributed by atoms with van der Waals surface area (Å²) in [7, 11) is 0. The Bertz CT molecular complexity index is 603. The number of benzene rings is 2. The summed E-state index contributed by atoms with van der Waals surface area (Å²) >= 11 is 5.89. The van der Waals surface area contributed by atoms with Crippen LogP contribution in [0.15, 0.2) is 42.5 Å². The van der Waals surface area contributed by atoms with Gasteiger partial charge in [-0.2, -0.15) is 0 Å². The maximum Gasteiger partial charge on any atom is 0.129 e. The van der Waals surface area contributed by atoms with Gasteiger partial charge in [-0.3, -0.25) is 0 Å². The summed E-state index contributed by atoms with van der Waals surface area (Å²) in [5, 5.41) is 3.85. The molecule has 0 aliphatic carbocycles. The van der Waals surface area contributed by atoms with E-state index in [2.05, 4.69) is 19.2 Å². The van der Waals surface area contributed by atoms with Crippen LogP contribution in [0.4, 0.5) is 4.39 Å². The minimum absolute atomic E-state index is 0.155. The van der Waals surface area contributed by atoms with Crippen LogP contribution in [-0.2, 0) is 6.61 Å². The van der Waals surface area contributed by atoms with Gasteiger partial charge in [-0.15, -0.1) is 0 Å². The molecule has 0 heterocycles. The van der Waals surface area contributed by atoms with Crippen LogP contribution >= 0.6 is 11.6 Å². The van der Waals surface area contributed by atoms with Crippen molar-refractivity contribution in [3.8, 4) is 5.75 Å². The Hall–Kier alpha value is -1.58. The second-order valence-corrected chi connectivity index (χ2v) is 5.28. The van der Waals surface area contributed by atoms with Crippen LogP contribution in [0.25, 0.3) is 0 Å². The van der Waals surface area contributed by atoms with E-state index in [0.29, 0.717) is 10.6 Å². The molecule has 0 amide bonds. The van der Waals surface area contributed by atoms with Gasteiger partial charge in [-0.05, 0) is 37.7 Å². The van der Waals surface area contributed by atoms with Crippen LogP contribution in [-0.4, -0.2) is 6.54 Å². The highest BCUT2D eigenvalue weighted by Crippen LogP contribution is 2.26. The molecule has 0 aliphatic heterocycles. The van der Waals surface area contributed by atoms with Gasteiger partial charge in [0.1, 0.15) is 18.2 Å². The van der Waals surface area contributed by atoms with Crippen molar-refractivity contribution in [2.75, 3.05) is 6.54 Å². The van der Waals surface area contributed by atoms with E-state index >= 15 is 0 Å². The van der Waals surface area contributed by atoms with Crippen molar-refractivity contribution in [3.63, 3.8) is 0 Å². The number of nitrogens with one attached hydrogen (secondary N) is 1. The Morgan fingerprint density at radius 2 is 2.00 bits per heavy atom. The number of halogens is 2. The van der Waals surface area contributed by atoms with Crippen LogP contribution in [0.1, 0.15) is 31.0 Å². The van der Waals surface area contributed by atoms with E-state index in [0.717, 1.165) is 17.9 Å². The lowest BCUT2D eigenvalue weighted by Gasteiger charge is -2.17. The monoisotopic (exact) mass is 307 g/mol. The van der Waals surface area contributed by atoms with Gasteiger partial charge in [0.25, 0.3) is 0 Å². The fourth-order valence-corrected chi connectivity index (χ4v) is 2.39. The molecule has 2 aromatic carbocycles. The van der Waals surface area contributed by atoms with Gasteiger partial charge in [-0.1, -0.05) is 36.7 Å². The molecule has 0 bridgehead atoms. The Labute approximate surface area is 129 Å². The third kappa shape index (κ3) is 4.19. The van der Waals surface area contributed by atoms with Crippen molar-refractivity contribution in [1.29, 1.82) is 0 Å². The number of para-hydroxylation sites is 1. The third-order valence-corrected chi connectivity index (χ3v) is 3.52. The van der Waals surface area contributed by atoms with Crippen molar-refractivity contribution >= 4 is 11.6 Å². The molecule has 0 radical (unpaired) electrons. The van der Waals surface area contributed by atoms with E-state index < -0.39 is 0 Å². The molecule has 0 saturated heterocycles.